The van der Waals surface area contributed by atoms with Crippen LogP contribution in [-0.2, 0) is 11.8 Å². The number of anilines is 2. The number of aryl methyl sites for hydroxylation is 1. The van der Waals surface area contributed by atoms with Gasteiger partial charge in [0.1, 0.15) is 0 Å². The minimum absolute atomic E-state index is 0.0723. The van der Waals surface area contributed by atoms with Gasteiger partial charge in [-0.2, -0.15) is 10.1 Å². The lowest BCUT2D eigenvalue weighted by Gasteiger charge is -2.17. The number of aromatic amines is 1. The lowest BCUT2D eigenvalue weighted by atomic mass is 9.87. The van der Waals surface area contributed by atoms with E-state index in [4.69, 9.17) is 4.52 Å². The van der Waals surface area contributed by atoms with Crippen molar-refractivity contribution in [3.63, 3.8) is 0 Å². The number of carbonyl (C=O) groups is 1. The first kappa shape index (κ1) is 22.9. The number of nitrogens with zero attached hydrogens (tertiary/aromatic N) is 5. The molecular formula is C26H29N7O2. The van der Waals surface area contributed by atoms with Crippen LogP contribution in [0.25, 0.3) is 11.3 Å². The van der Waals surface area contributed by atoms with E-state index in [0.29, 0.717) is 18.3 Å². The number of carbonyl (C=O) groups excluding carboxylic acids is 1. The number of hydrogen-bond acceptors (Lipinski definition) is 8. The monoisotopic (exact) mass is 471 g/mol. The Kier molecular flexibility index (Phi) is 6.15. The van der Waals surface area contributed by atoms with Crippen LogP contribution in [-0.4, -0.2) is 36.1 Å². The molecule has 1 atom stereocenters. The third-order valence-electron chi connectivity index (χ3n) is 6.29. The molecule has 0 bridgehead atoms. The summed E-state index contributed by atoms with van der Waals surface area (Å²) in [4.78, 5) is 26.4. The van der Waals surface area contributed by atoms with Gasteiger partial charge >= 0.3 is 0 Å². The van der Waals surface area contributed by atoms with Crippen molar-refractivity contribution in [1.29, 1.82) is 0 Å². The highest BCUT2D eigenvalue weighted by Gasteiger charge is 2.27. The molecule has 1 aromatic carbocycles. The van der Waals surface area contributed by atoms with Gasteiger partial charge in [-0.1, -0.05) is 44.5 Å². The fraction of sp³-hybridized carbons (Fsp3) is 0.385. The summed E-state index contributed by atoms with van der Waals surface area (Å²) in [5, 5.41) is 13.8. The number of H-pyrrole nitrogens is 1. The average molecular weight is 472 g/mol. The molecule has 1 aliphatic rings. The highest BCUT2D eigenvalue weighted by atomic mass is 16.5. The maximum absolute atomic E-state index is 13.0. The van der Waals surface area contributed by atoms with Crippen LogP contribution in [0.1, 0.15) is 80.0 Å². The van der Waals surface area contributed by atoms with E-state index < -0.39 is 0 Å². The van der Waals surface area contributed by atoms with Crippen molar-refractivity contribution < 1.29 is 9.32 Å². The molecule has 0 fully saturated rings. The van der Waals surface area contributed by atoms with Crippen molar-refractivity contribution >= 4 is 17.4 Å². The van der Waals surface area contributed by atoms with Crippen LogP contribution in [0.3, 0.4) is 0 Å². The van der Waals surface area contributed by atoms with E-state index in [1.165, 1.54) is 11.1 Å². The minimum atomic E-state index is -0.286. The van der Waals surface area contributed by atoms with Crippen LogP contribution >= 0.6 is 0 Å². The van der Waals surface area contributed by atoms with Gasteiger partial charge in [-0.15, -0.1) is 0 Å². The van der Waals surface area contributed by atoms with Crippen molar-refractivity contribution in [3.8, 4) is 11.3 Å². The maximum atomic E-state index is 13.0. The summed E-state index contributed by atoms with van der Waals surface area (Å²) in [6.07, 6.45) is 9.67. The van der Waals surface area contributed by atoms with Crippen LogP contribution in [0.2, 0.25) is 0 Å². The molecule has 2 N–H and O–H groups in total. The third-order valence-corrected chi connectivity index (χ3v) is 6.29. The summed E-state index contributed by atoms with van der Waals surface area (Å²) in [5.41, 5.74) is 4.88. The molecule has 1 unspecified atom stereocenters. The summed E-state index contributed by atoms with van der Waals surface area (Å²) in [5.74, 6) is 1.23. The molecule has 35 heavy (non-hydrogen) atoms. The molecule has 0 saturated carbocycles. The van der Waals surface area contributed by atoms with Gasteiger partial charge in [0.05, 0.1) is 17.6 Å². The molecule has 4 aromatic rings. The first-order valence-corrected chi connectivity index (χ1v) is 12.0. The van der Waals surface area contributed by atoms with Crippen molar-refractivity contribution in [2.45, 2.75) is 64.2 Å². The smallest absolute Gasteiger partial charge is 0.238 e. The molecule has 0 amide bonds. The van der Waals surface area contributed by atoms with Crippen molar-refractivity contribution in [2.75, 3.05) is 5.32 Å². The van der Waals surface area contributed by atoms with Gasteiger partial charge in [0.15, 0.2) is 0 Å². The Hall–Kier alpha value is -3.88. The molecule has 5 rings (SSSR count). The number of hydrogen-bond donors (Lipinski definition) is 2. The Morgan fingerprint density at radius 3 is 2.86 bits per heavy atom. The van der Waals surface area contributed by atoms with E-state index in [2.05, 4.69) is 53.8 Å². The largest absolute Gasteiger partial charge is 0.338 e. The SMILES string of the molecule is CC(C)(C)c1nc(C(=O)CC2CCCCc3cc(-c4ccnc(Nc5cn[nH]c5)n4)ccc32)no1. The number of nitrogens with one attached hydrogen (secondary N) is 2. The Bertz CT molecular complexity index is 1320. The second-order valence-corrected chi connectivity index (χ2v) is 10.0. The van der Waals surface area contributed by atoms with Crippen LogP contribution in [0.15, 0.2) is 47.4 Å². The summed E-state index contributed by atoms with van der Waals surface area (Å²) in [6, 6.07) is 8.34. The van der Waals surface area contributed by atoms with Gasteiger partial charge in [0, 0.05) is 29.8 Å². The molecule has 3 aromatic heterocycles. The van der Waals surface area contributed by atoms with Gasteiger partial charge in [-0.25, -0.2) is 9.97 Å². The van der Waals surface area contributed by atoms with E-state index in [1.807, 2.05) is 26.8 Å². The predicted molar refractivity (Wildman–Crippen MR) is 132 cm³/mol. The second kappa shape index (κ2) is 9.40. The minimum Gasteiger partial charge on any atom is -0.338 e. The number of rotatable bonds is 6. The second-order valence-electron chi connectivity index (χ2n) is 10.0. The molecule has 1 aliphatic carbocycles. The van der Waals surface area contributed by atoms with Crippen LogP contribution < -0.4 is 5.32 Å². The van der Waals surface area contributed by atoms with Crippen LogP contribution in [0.5, 0.6) is 0 Å². The Morgan fingerprint density at radius 2 is 2.09 bits per heavy atom. The van der Waals surface area contributed by atoms with Crippen LogP contribution in [0.4, 0.5) is 11.6 Å². The lowest BCUT2D eigenvalue weighted by Crippen LogP contribution is -2.13. The molecule has 0 saturated heterocycles. The Labute approximate surface area is 203 Å². The van der Waals surface area contributed by atoms with Gasteiger partial charge in [-0.3, -0.25) is 9.89 Å². The van der Waals surface area contributed by atoms with Gasteiger partial charge < -0.3 is 9.84 Å². The zero-order chi connectivity index (χ0) is 24.4. The molecule has 180 valence electrons. The number of Topliss-reactive ketones (excluding diaryl/α,β-unsaturated/α-hetero) is 1. The zero-order valence-corrected chi connectivity index (χ0v) is 20.2. The molecule has 3 heterocycles. The van der Waals surface area contributed by atoms with Crippen molar-refractivity contribution in [3.05, 3.63) is 65.7 Å². The third kappa shape index (κ3) is 5.13. The number of fused-ring (bicyclic) bond motifs is 1. The number of ketones is 1. The van der Waals surface area contributed by atoms with E-state index in [1.54, 1.807) is 18.6 Å². The lowest BCUT2D eigenvalue weighted by molar-refractivity contribution is 0.0959. The first-order chi connectivity index (χ1) is 16.9. The predicted octanol–water partition coefficient (Wildman–Crippen LogP) is 5.37. The topological polar surface area (TPSA) is 122 Å². The Morgan fingerprint density at radius 1 is 1.20 bits per heavy atom. The van der Waals surface area contributed by atoms with E-state index >= 15 is 0 Å². The van der Waals surface area contributed by atoms with Gasteiger partial charge in [0.2, 0.25) is 23.4 Å². The van der Waals surface area contributed by atoms with Crippen molar-refractivity contribution in [1.82, 2.24) is 30.3 Å². The zero-order valence-electron chi connectivity index (χ0n) is 20.2. The molecule has 0 radical (unpaired) electrons. The normalized spacial score (nSPS) is 15.9. The highest BCUT2D eigenvalue weighted by Crippen LogP contribution is 2.36. The van der Waals surface area contributed by atoms with E-state index in [-0.39, 0.29) is 22.9 Å². The summed E-state index contributed by atoms with van der Waals surface area (Å²) in [6.45, 7) is 5.96. The first-order valence-electron chi connectivity index (χ1n) is 12.0. The standard InChI is InChI=1S/C26H29N7O2/c1-26(2,3)24-32-23(33-35-24)22(34)13-17-7-5-4-6-16-12-18(8-9-20(16)17)21-10-11-27-25(31-21)30-19-14-28-29-15-19/h8-12,14-15,17H,4-7,13H2,1-3H3,(H,28,29)(H,27,30,31). The number of aromatic nitrogens is 6. The summed E-state index contributed by atoms with van der Waals surface area (Å²) in [7, 11) is 0. The van der Waals surface area contributed by atoms with Gasteiger partial charge in [0.25, 0.3) is 0 Å². The molecular weight excluding hydrogens is 442 g/mol. The maximum Gasteiger partial charge on any atom is 0.238 e. The number of benzene rings is 1. The molecule has 9 heteroatoms. The summed E-state index contributed by atoms with van der Waals surface area (Å²) >= 11 is 0. The summed E-state index contributed by atoms with van der Waals surface area (Å²) < 4.78 is 5.34. The van der Waals surface area contributed by atoms with E-state index in [0.717, 1.165) is 42.6 Å². The molecule has 0 spiro atoms. The Balaban J connectivity index is 1.37. The van der Waals surface area contributed by atoms with Gasteiger partial charge in [-0.05, 0) is 48.4 Å². The molecule has 9 nitrogen and oxygen atoms in total. The highest BCUT2D eigenvalue weighted by molar-refractivity contribution is 5.93. The fourth-order valence-electron chi connectivity index (χ4n) is 4.44. The quantitative estimate of drug-likeness (QED) is 0.284. The van der Waals surface area contributed by atoms with E-state index in [9.17, 15) is 4.79 Å². The average Bonchev–Trinajstić information content (AvgIpc) is 3.50. The van der Waals surface area contributed by atoms with Crippen molar-refractivity contribution in [2.24, 2.45) is 0 Å². The molecule has 0 aliphatic heterocycles. The fourth-order valence-corrected chi connectivity index (χ4v) is 4.44. The van der Waals surface area contributed by atoms with Crippen LogP contribution in [0, 0.1) is 0 Å².